The number of aliphatic hydroxyl groups is 1. The maximum atomic E-state index is 12.9. The Kier molecular flexibility index (Phi) is 9.25. The van der Waals surface area contributed by atoms with Crippen molar-refractivity contribution in [3.63, 3.8) is 0 Å². The Balaban J connectivity index is 2.32. The predicted molar refractivity (Wildman–Crippen MR) is 128 cm³/mol. The summed E-state index contributed by atoms with van der Waals surface area (Å²) in [5.74, 6) is 0.128. The van der Waals surface area contributed by atoms with Gasteiger partial charge in [-0.2, -0.15) is 0 Å². The smallest absolute Gasteiger partial charge is 0.410 e. The fourth-order valence-electron chi connectivity index (χ4n) is 3.78. The molecular weight excluding hydrogens is 442 g/mol. The number of thiazole rings is 1. The third-order valence-electron chi connectivity index (χ3n) is 5.46. The lowest BCUT2D eigenvalue weighted by Gasteiger charge is -2.47. The summed E-state index contributed by atoms with van der Waals surface area (Å²) in [6.07, 6.45) is -0.891. The Hall–Kier alpha value is -2.65. The highest BCUT2D eigenvalue weighted by Gasteiger charge is 2.52. The number of carbonyl (C=O) groups excluding carboxylic acids is 2. The van der Waals surface area contributed by atoms with E-state index in [0.29, 0.717) is 6.54 Å². The normalized spacial score (nSPS) is 14.4. The molecule has 2 rings (SSSR count). The van der Waals surface area contributed by atoms with E-state index in [1.54, 1.807) is 11.7 Å². The molecule has 0 saturated heterocycles. The number of benzene rings is 1. The molecule has 0 bridgehead atoms. The van der Waals surface area contributed by atoms with Gasteiger partial charge in [0.1, 0.15) is 12.7 Å². The van der Waals surface area contributed by atoms with Crippen molar-refractivity contribution in [3.05, 3.63) is 52.5 Å². The first-order chi connectivity index (χ1) is 15.4. The van der Waals surface area contributed by atoms with Crippen LogP contribution in [0.5, 0.6) is 0 Å². The van der Waals surface area contributed by atoms with Crippen LogP contribution in [0.3, 0.4) is 0 Å². The van der Waals surface area contributed by atoms with Crippen molar-refractivity contribution in [2.45, 2.75) is 59.4 Å². The van der Waals surface area contributed by atoms with E-state index in [9.17, 15) is 14.7 Å². The molecule has 1 aromatic carbocycles. The van der Waals surface area contributed by atoms with Crippen LogP contribution in [0, 0.1) is 11.3 Å². The van der Waals surface area contributed by atoms with Gasteiger partial charge in [0.05, 0.1) is 16.9 Å². The molecule has 0 aliphatic rings. The number of hydrogen-bond acceptors (Lipinski definition) is 7. The van der Waals surface area contributed by atoms with Crippen LogP contribution in [0.4, 0.5) is 9.59 Å². The van der Waals surface area contributed by atoms with Gasteiger partial charge in [0.2, 0.25) is 0 Å². The second-order valence-electron chi connectivity index (χ2n) is 9.56. The minimum atomic E-state index is -1.38. The third-order valence-corrected chi connectivity index (χ3v) is 6.21. The van der Waals surface area contributed by atoms with Crippen molar-refractivity contribution < 1.29 is 24.2 Å². The van der Waals surface area contributed by atoms with Crippen molar-refractivity contribution >= 4 is 23.5 Å². The highest BCUT2D eigenvalue weighted by atomic mass is 32.1. The van der Waals surface area contributed by atoms with Crippen molar-refractivity contribution in [3.8, 4) is 0 Å². The zero-order valence-corrected chi connectivity index (χ0v) is 20.8. The number of nitrogens with zero attached hydrogens (tertiary/aromatic N) is 2. The first-order valence-corrected chi connectivity index (χ1v) is 11.8. The molecule has 1 aromatic heterocycles. The largest absolute Gasteiger partial charge is 0.444 e. The quantitative estimate of drug-likeness (QED) is 0.529. The molecule has 0 saturated carbocycles. The monoisotopic (exact) mass is 477 g/mol. The Morgan fingerprint density at radius 2 is 1.85 bits per heavy atom. The maximum Gasteiger partial charge on any atom is 0.410 e. The molecule has 182 valence electrons. The van der Waals surface area contributed by atoms with E-state index in [1.807, 2.05) is 65.0 Å². The Bertz CT molecular complexity index is 883. The molecule has 0 radical (unpaired) electrons. The van der Waals surface area contributed by atoms with Gasteiger partial charge in [-0.1, -0.05) is 65.0 Å². The first-order valence-electron chi connectivity index (χ1n) is 10.9. The van der Waals surface area contributed by atoms with Crippen LogP contribution >= 0.6 is 11.3 Å². The fraction of sp³-hybridized carbons (Fsp3) is 0.542. The molecule has 2 aromatic rings. The van der Waals surface area contributed by atoms with Gasteiger partial charge in [-0.3, -0.25) is 4.98 Å². The van der Waals surface area contributed by atoms with Crippen molar-refractivity contribution in [2.24, 2.45) is 17.1 Å². The first kappa shape index (κ1) is 26.6. The molecule has 2 amide bonds. The average molecular weight is 478 g/mol. The van der Waals surface area contributed by atoms with E-state index in [4.69, 9.17) is 15.2 Å². The Morgan fingerprint density at radius 3 is 2.36 bits per heavy atom. The maximum absolute atomic E-state index is 12.9. The molecule has 0 aliphatic heterocycles. The molecule has 9 heteroatoms. The number of hydrogen-bond donors (Lipinski definition) is 2. The van der Waals surface area contributed by atoms with Crippen molar-refractivity contribution in [2.75, 3.05) is 13.1 Å². The Morgan fingerprint density at radius 1 is 1.18 bits per heavy atom. The summed E-state index contributed by atoms with van der Waals surface area (Å²) in [5, 5.41) is 11.5. The lowest BCUT2D eigenvalue weighted by molar-refractivity contribution is -0.147. The van der Waals surface area contributed by atoms with Gasteiger partial charge >= 0.3 is 12.2 Å². The summed E-state index contributed by atoms with van der Waals surface area (Å²) < 4.78 is 11.1. The van der Waals surface area contributed by atoms with Crippen LogP contribution in [0.15, 0.2) is 42.0 Å². The number of amides is 2. The summed E-state index contributed by atoms with van der Waals surface area (Å²) in [4.78, 5) is 31.1. The fourth-order valence-corrected chi connectivity index (χ4v) is 4.28. The van der Waals surface area contributed by atoms with Crippen LogP contribution in [0.2, 0.25) is 0 Å². The van der Waals surface area contributed by atoms with E-state index in [2.05, 4.69) is 4.98 Å². The van der Waals surface area contributed by atoms with Crippen molar-refractivity contribution in [1.29, 1.82) is 0 Å². The van der Waals surface area contributed by atoms with Gasteiger partial charge in [0, 0.05) is 24.6 Å². The molecule has 2 unspecified atom stereocenters. The summed E-state index contributed by atoms with van der Waals surface area (Å²) in [7, 11) is 0. The second kappa shape index (κ2) is 11.5. The third kappa shape index (κ3) is 7.43. The minimum absolute atomic E-state index is 0.0862. The molecule has 33 heavy (non-hydrogen) atoms. The number of primary amides is 1. The molecule has 2 atom stereocenters. The minimum Gasteiger partial charge on any atom is -0.444 e. The lowest BCUT2D eigenvalue weighted by atomic mass is 9.69. The Labute approximate surface area is 199 Å². The van der Waals surface area contributed by atoms with Crippen LogP contribution in [-0.2, 0) is 22.5 Å². The zero-order chi connectivity index (χ0) is 24.6. The van der Waals surface area contributed by atoms with Gasteiger partial charge in [-0.25, -0.2) is 9.59 Å². The molecule has 1 heterocycles. The van der Waals surface area contributed by atoms with E-state index < -0.39 is 29.3 Å². The van der Waals surface area contributed by atoms with Crippen LogP contribution in [0.25, 0.3) is 0 Å². The van der Waals surface area contributed by atoms with Gasteiger partial charge in [0.15, 0.2) is 5.60 Å². The van der Waals surface area contributed by atoms with E-state index in [1.165, 1.54) is 16.2 Å². The molecular formula is C24H35N3O5S. The highest BCUT2D eigenvalue weighted by Crippen LogP contribution is 2.40. The topological polar surface area (TPSA) is 115 Å². The number of carbonyl (C=O) groups is 2. The summed E-state index contributed by atoms with van der Waals surface area (Å²) in [6.45, 7) is 9.93. The van der Waals surface area contributed by atoms with E-state index in [-0.39, 0.29) is 25.5 Å². The number of aromatic nitrogens is 1. The van der Waals surface area contributed by atoms with Crippen LogP contribution < -0.4 is 5.73 Å². The van der Waals surface area contributed by atoms with Crippen molar-refractivity contribution in [1.82, 2.24) is 9.88 Å². The highest BCUT2D eigenvalue weighted by molar-refractivity contribution is 7.09. The van der Waals surface area contributed by atoms with Gasteiger partial charge in [0.25, 0.3) is 0 Å². The summed E-state index contributed by atoms with van der Waals surface area (Å²) in [6, 6.07) is 9.43. The van der Waals surface area contributed by atoms with Gasteiger partial charge < -0.3 is 25.2 Å². The van der Waals surface area contributed by atoms with Gasteiger partial charge in [-0.15, -0.1) is 11.3 Å². The number of rotatable bonds is 10. The SMILES string of the molecule is CC(C)CN(CC(O)C(Cc1ccccc1)(OC(N)=O)C(C)(C)C)C(=O)OCc1cncs1. The average Bonchev–Trinajstić information content (AvgIpc) is 3.23. The van der Waals surface area contributed by atoms with Gasteiger partial charge in [-0.05, 0) is 11.5 Å². The molecule has 3 N–H and O–H groups in total. The predicted octanol–water partition coefficient (Wildman–Crippen LogP) is 4.22. The molecule has 0 fully saturated rings. The van der Waals surface area contributed by atoms with Crippen LogP contribution in [0.1, 0.15) is 45.1 Å². The summed E-state index contributed by atoms with van der Waals surface area (Å²) in [5.41, 5.74) is 5.91. The molecule has 0 aliphatic carbocycles. The zero-order valence-electron chi connectivity index (χ0n) is 20.0. The number of aliphatic hydroxyl groups excluding tert-OH is 1. The standard InChI is InChI=1S/C24H35N3O5S/c1-17(2)13-27(22(30)31-15-19-12-26-16-33-19)14-20(28)24(23(3,4)5,32-21(25)29)11-18-9-7-6-8-10-18/h6-10,12,16-17,20,28H,11,13-15H2,1-5H3,(H2,25,29). The number of ether oxygens (including phenoxy) is 2. The lowest BCUT2D eigenvalue weighted by Crippen LogP contribution is -2.61. The van der Waals surface area contributed by atoms with Crippen LogP contribution in [-0.4, -0.2) is 52.0 Å². The number of nitrogens with two attached hydrogens (primary N) is 1. The molecule has 0 spiro atoms. The summed E-state index contributed by atoms with van der Waals surface area (Å²) >= 11 is 1.39. The second-order valence-corrected chi connectivity index (χ2v) is 10.5. The molecule has 8 nitrogen and oxygen atoms in total. The van der Waals surface area contributed by atoms with E-state index >= 15 is 0 Å². The van der Waals surface area contributed by atoms with E-state index in [0.717, 1.165) is 10.4 Å².